The lowest BCUT2D eigenvalue weighted by molar-refractivity contribution is -0.147. The molecule has 1 aliphatic heterocycles. The van der Waals surface area contributed by atoms with Gasteiger partial charge in [-0.25, -0.2) is 0 Å². The molecule has 1 aliphatic rings. The smallest absolute Gasteiger partial charge is 0.311 e. The highest BCUT2D eigenvalue weighted by molar-refractivity contribution is 6.31. The fourth-order valence-electron chi connectivity index (χ4n) is 3.06. The third-order valence-corrected chi connectivity index (χ3v) is 5.12. The van der Waals surface area contributed by atoms with Gasteiger partial charge in [-0.05, 0) is 31.5 Å². The van der Waals surface area contributed by atoms with Crippen LogP contribution in [0, 0.1) is 19.8 Å². The summed E-state index contributed by atoms with van der Waals surface area (Å²) in [5, 5.41) is 0.565. The number of hydrogen-bond donors (Lipinski definition) is 0. The molecule has 0 aromatic heterocycles. The first-order chi connectivity index (χ1) is 12.9. The van der Waals surface area contributed by atoms with E-state index in [-0.39, 0.29) is 31.3 Å². The molecule has 1 atom stereocenters. The summed E-state index contributed by atoms with van der Waals surface area (Å²) in [6.45, 7) is 3.65. The van der Waals surface area contributed by atoms with Crippen LogP contribution in [0.3, 0.4) is 0 Å². The number of aryl methyl sites for hydroxylation is 1. The minimum Gasteiger partial charge on any atom is -0.457 e. The molecule has 1 saturated heterocycles. The lowest BCUT2D eigenvalue weighted by Gasteiger charge is -2.19. The van der Waals surface area contributed by atoms with E-state index in [1.807, 2.05) is 26.0 Å². The Balaban J connectivity index is 1.61. The number of carbonyl (C=O) groups excluding carboxylic acids is 3. The Hall–Kier alpha value is -2.66. The van der Waals surface area contributed by atoms with Gasteiger partial charge in [-0.3, -0.25) is 14.4 Å². The average molecular weight is 386 g/mol. The fraction of sp³-hybridized carbons (Fsp3) is 0.286. The average Bonchev–Trinajstić information content (AvgIpc) is 3.04. The number of Topliss-reactive ketones (excluding diaryl/α,β-unsaturated/α-hetero) is 1. The van der Waals surface area contributed by atoms with Crippen LogP contribution >= 0.6 is 11.6 Å². The summed E-state index contributed by atoms with van der Waals surface area (Å²) >= 11 is 6.12. The van der Waals surface area contributed by atoms with Crippen LogP contribution in [0.5, 0.6) is 0 Å². The van der Waals surface area contributed by atoms with Crippen LogP contribution in [-0.2, 0) is 14.3 Å². The van der Waals surface area contributed by atoms with E-state index >= 15 is 0 Å². The number of hydrogen-bond acceptors (Lipinski definition) is 4. The van der Waals surface area contributed by atoms with Gasteiger partial charge in [-0.2, -0.15) is 0 Å². The zero-order chi connectivity index (χ0) is 19.6. The molecule has 1 fully saturated rings. The van der Waals surface area contributed by atoms with Crippen molar-refractivity contribution >= 4 is 34.9 Å². The number of nitrogens with zero attached hydrogens (tertiary/aromatic N) is 1. The number of carbonyl (C=O) groups is 3. The third kappa shape index (κ3) is 4.19. The Bertz CT molecular complexity index is 892. The Kier molecular flexibility index (Phi) is 5.61. The van der Waals surface area contributed by atoms with E-state index in [2.05, 4.69) is 0 Å². The van der Waals surface area contributed by atoms with Crippen molar-refractivity contribution < 1.29 is 19.1 Å². The Morgan fingerprint density at radius 2 is 1.85 bits per heavy atom. The number of esters is 1. The van der Waals surface area contributed by atoms with Crippen molar-refractivity contribution in [1.29, 1.82) is 0 Å². The van der Waals surface area contributed by atoms with Gasteiger partial charge < -0.3 is 9.64 Å². The largest absolute Gasteiger partial charge is 0.457 e. The maximum Gasteiger partial charge on any atom is 0.311 e. The molecular formula is C21H20ClNO4. The molecule has 1 amide bonds. The van der Waals surface area contributed by atoms with Gasteiger partial charge in [0.2, 0.25) is 5.91 Å². The molecule has 0 unspecified atom stereocenters. The van der Waals surface area contributed by atoms with Crippen molar-refractivity contribution in [1.82, 2.24) is 0 Å². The van der Waals surface area contributed by atoms with Crippen LogP contribution in [0.4, 0.5) is 5.69 Å². The number of ether oxygens (including phenoxy) is 1. The first kappa shape index (κ1) is 19.1. The molecule has 0 aliphatic carbocycles. The van der Waals surface area contributed by atoms with E-state index in [0.717, 1.165) is 11.1 Å². The van der Waals surface area contributed by atoms with Crippen molar-refractivity contribution in [2.45, 2.75) is 20.3 Å². The molecule has 0 saturated carbocycles. The SMILES string of the molecule is Cc1ccc(C(=O)COC(=O)[C@@H]2CC(=O)N(c3cccc(Cl)c3C)C2)cc1. The van der Waals surface area contributed by atoms with Crippen molar-refractivity contribution in [2.24, 2.45) is 5.92 Å². The van der Waals surface area contributed by atoms with Gasteiger partial charge in [0.1, 0.15) is 0 Å². The normalized spacial score (nSPS) is 16.5. The van der Waals surface area contributed by atoms with E-state index in [1.54, 1.807) is 35.2 Å². The van der Waals surface area contributed by atoms with Crippen LogP contribution < -0.4 is 4.90 Å². The number of benzene rings is 2. The van der Waals surface area contributed by atoms with E-state index < -0.39 is 11.9 Å². The highest BCUT2D eigenvalue weighted by Gasteiger charge is 2.37. The van der Waals surface area contributed by atoms with Gasteiger partial charge in [0.15, 0.2) is 12.4 Å². The predicted molar refractivity (Wildman–Crippen MR) is 103 cm³/mol. The number of anilines is 1. The highest BCUT2D eigenvalue weighted by Crippen LogP contribution is 2.31. The summed E-state index contributed by atoms with van der Waals surface area (Å²) in [5.41, 5.74) is 3.02. The zero-order valence-corrected chi connectivity index (χ0v) is 16.0. The first-order valence-electron chi connectivity index (χ1n) is 8.69. The molecule has 27 heavy (non-hydrogen) atoms. The van der Waals surface area contributed by atoms with Gasteiger partial charge in [0, 0.05) is 29.2 Å². The molecule has 1 heterocycles. The zero-order valence-electron chi connectivity index (χ0n) is 15.2. The maximum atomic E-state index is 12.4. The summed E-state index contributed by atoms with van der Waals surface area (Å²) in [5.74, 6) is -1.56. The molecule has 2 aromatic carbocycles. The quantitative estimate of drug-likeness (QED) is 0.581. The van der Waals surface area contributed by atoms with Gasteiger partial charge in [-0.1, -0.05) is 47.5 Å². The number of halogens is 1. The van der Waals surface area contributed by atoms with Gasteiger partial charge in [0.25, 0.3) is 0 Å². The second kappa shape index (κ2) is 7.92. The monoisotopic (exact) mass is 385 g/mol. The van der Waals surface area contributed by atoms with Crippen molar-refractivity contribution in [2.75, 3.05) is 18.1 Å². The van der Waals surface area contributed by atoms with E-state index in [9.17, 15) is 14.4 Å². The summed E-state index contributed by atoms with van der Waals surface area (Å²) in [6, 6.07) is 12.4. The van der Waals surface area contributed by atoms with Crippen LogP contribution in [0.2, 0.25) is 5.02 Å². The number of amides is 1. The van der Waals surface area contributed by atoms with Gasteiger partial charge in [0.05, 0.1) is 5.92 Å². The molecule has 0 spiro atoms. The fourth-order valence-corrected chi connectivity index (χ4v) is 3.23. The molecule has 0 N–H and O–H groups in total. The molecule has 3 rings (SSSR count). The number of rotatable bonds is 5. The molecule has 2 aromatic rings. The van der Waals surface area contributed by atoms with Crippen molar-refractivity contribution in [3.63, 3.8) is 0 Å². The molecule has 6 heteroatoms. The van der Waals surface area contributed by atoms with Gasteiger partial charge >= 0.3 is 5.97 Å². The highest BCUT2D eigenvalue weighted by atomic mass is 35.5. The topological polar surface area (TPSA) is 63.7 Å². The number of ketones is 1. The second-order valence-electron chi connectivity index (χ2n) is 6.69. The standard InChI is InChI=1S/C21H20ClNO4/c1-13-6-8-15(9-7-13)19(24)12-27-21(26)16-10-20(25)23(11-16)18-5-3-4-17(22)14(18)2/h3-9,16H,10-12H2,1-2H3/t16-/m1/s1. The van der Waals surface area contributed by atoms with Crippen LogP contribution in [0.1, 0.15) is 27.9 Å². The Morgan fingerprint density at radius 3 is 2.56 bits per heavy atom. The Morgan fingerprint density at radius 1 is 1.15 bits per heavy atom. The summed E-state index contributed by atoms with van der Waals surface area (Å²) < 4.78 is 5.17. The van der Waals surface area contributed by atoms with Crippen molar-refractivity contribution in [3.05, 3.63) is 64.2 Å². The second-order valence-corrected chi connectivity index (χ2v) is 7.09. The summed E-state index contributed by atoms with van der Waals surface area (Å²) in [7, 11) is 0. The Labute approximate surface area is 162 Å². The minimum atomic E-state index is -0.596. The summed E-state index contributed by atoms with van der Waals surface area (Å²) in [6.07, 6.45) is 0.0590. The molecule has 0 radical (unpaired) electrons. The molecular weight excluding hydrogens is 366 g/mol. The first-order valence-corrected chi connectivity index (χ1v) is 9.06. The summed E-state index contributed by atoms with van der Waals surface area (Å²) in [4.78, 5) is 38.4. The van der Waals surface area contributed by atoms with Crippen molar-refractivity contribution in [3.8, 4) is 0 Å². The van der Waals surface area contributed by atoms with E-state index in [4.69, 9.17) is 16.3 Å². The third-order valence-electron chi connectivity index (χ3n) is 4.71. The lowest BCUT2D eigenvalue weighted by Crippen LogP contribution is -2.27. The van der Waals surface area contributed by atoms with Gasteiger partial charge in [-0.15, -0.1) is 0 Å². The van der Waals surface area contributed by atoms with E-state index in [1.165, 1.54) is 0 Å². The predicted octanol–water partition coefficient (Wildman–Crippen LogP) is 3.74. The van der Waals surface area contributed by atoms with E-state index in [0.29, 0.717) is 16.3 Å². The molecule has 0 bridgehead atoms. The van der Waals surface area contributed by atoms with Crippen LogP contribution in [0.15, 0.2) is 42.5 Å². The van der Waals surface area contributed by atoms with Crippen LogP contribution in [0.25, 0.3) is 0 Å². The lowest BCUT2D eigenvalue weighted by atomic mass is 10.1. The van der Waals surface area contributed by atoms with Crippen LogP contribution in [-0.4, -0.2) is 30.8 Å². The minimum absolute atomic E-state index is 0.0590. The molecule has 5 nitrogen and oxygen atoms in total. The maximum absolute atomic E-state index is 12.4. The molecule has 140 valence electrons.